The quantitative estimate of drug-likeness (QED) is 0.0261. The van der Waals surface area contributed by atoms with Crippen LogP contribution >= 0.6 is 0 Å². The van der Waals surface area contributed by atoms with Crippen molar-refractivity contribution in [3.63, 3.8) is 0 Å². The van der Waals surface area contributed by atoms with Gasteiger partial charge in [0.2, 0.25) is 0 Å². The molecular formula is C71H128O6. The van der Waals surface area contributed by atoms with E-state index in [1.807, 2.05) is 0 Å². The number of ether oxygens (including phenoxy) is 3. The van der Waals surface area contributed by atoms with Crippen LogP contribution in [0, 0.1) is 0 Å². The summed E-state index contributed by atoms with van der Waals surface area (Å²) in [5, 5.41) is 0. The molecule has 0 rings (SSSR count). The van der Waals surface area contributed by atoms with Crippen LogP contribution in [0.2, 0.25) is 0 Å². The van der Waals surface area contributed by atoms with Gasteiger partial charge in [-0.1, -0.05) is 293 Å². The maximum atomic E-state index is 12.9. The van der Waals surface area contributed by atoms with Crippen LogP contribution in [-0.4, -0.2) is 37.2 Å². The van der Waals surface area contributed by atoms with Gasteiger partial charge in [0, 0.05) is 19.3 Å². The van der Waals surface area contributed by atoms with Crippen LogP contribution in [0.15, 0.2) is 60.8 Å². The lowest BCUT2D eigenvalue weighted by atomic mass is 10.0. The smallest absolute Gasteiger partial charge is 0.306 e. The van der Waals surface area contributed by atoms with Gasteiger partial charge in [0.25, 0.3) is 0 Å². The Morgan fingerprint density at radius 2 is 0.481 bits per heavy atom. The van der Waals surface area contributed by atoms with E-state index >= 15 is 0 Å². The van der Waals surface area contributed by atoms with E-state index < -0.39 is 6.10 Å². The zero-order valence-corrected chi connectivity index (χ0v) is 51.5. The highest BCUT2D eigenvalue weighted by Crippen LogP contribution is 2.17. The molecule has 0 heterocycles. The summed E-state index contributed by atoms with van der Waals surface area (Å²) in [5.74, 6) is -0.924. The Kier molecular flexibility index (Phi) is 63.2. The van der Waals surface area contributed by atoms with Crippen molar-refractivity contribution in [3.8, 4) is 0 Å². The Bertz CT molecular complexity index is 1380. The molecule has 0 aromatic carbocycles. The number of unbranched alkanes of at least 4 members (excludes halogenated alkanes) is 41. The molecule has 0 saturated carbocycles. The zero-order chi connectivity index (χ0) is 55.7. The first-order valence-corrected chi connectivity index (χ1v) is 33.8. The summed E-state index contributed by atoms with van der Waals surface area (Å²) in [6, 6.07) is 0. The molecule has 0 bridgehead atoms. The van der Waals surface area contributed by atoms with Gasteiger partial charge >= 0.3 is 17.9 Å². The van der Waals surface area contributed by atoms with Crippen molar-refractivity contribution in [3.05, 3.63) is 60.8 Å². The molecule has 448 valence electrons. The van der Waals surface area contributed by atoms with Crippen molar-refractivity contribution in [1.82, 2.24) is 0 Å². The average Bonchev–Trinajstić information content (AvgIpc) is 3.43. The third-order valence-electron chi connectivity index (χ3n) is 15.0. The Hall–Kier alpha value is -2.89. The van der Waals surface area contributed by atoms with Gasteiger partial charge < -0.3 is 14.2 Å². The van der Waals surface area contributed by atoms with Gasteiger partial charge in [0.1, 0.15) is 13.2 Å². The number of carbonyl (C=O) groups is 3. The van der Waals surface area contributed by atoms with E-state index in [0.717, 1.165) is 57.8 Å². The highest BCUT2D eigenvalue weighted by molar-refractivity contribution is 5.71. The molecule has 0 aliphatic carbocycles. The predicted octanol–water partition coefficient (Wildman–Crippen LogP) is 23.1. The molecule has 6 heteroatoms. The minimum Gasteiger partial charge on any atom is -0.462 e. The number of hydrogen-bond donors (Lipinski definition) is 0. The first-order chi connectivity index (χ1) is 38.0. The lowest BCUT2D eigenvalue weighted by molar-refractivity contribution is -0.167. The van der Waals surface area contributed by atoms with Crippen LogP contribution < -0.4 is 0 Å². The minimum atomic E-state index is -0.796. The molecule has 6 nitrogen and oxygen atoms in total. The lowest BCUT2D eigenvalue weighted by Crippen LogP contribution is -2.30. The summed E-state index contributed by atoms with van der Waals surface area (Å²) in [6.07, 6.45) is 83.8. The van der Waals surface area contributed by atoms with Crippen LogP contribution in [0.5, 0.6) is 0 Å². The van der Waals surface area contributed by atoms with Gasteiger partial charge in [-0.15, -0.1) is 0 Å². The van der Waals surface area contributed by atoms with Crippen molar-refractivity contribution < 1.29 is 28.6 Å². The fraction of sp³-hybridized carbons (Fsp3) is 0.817. The van der Waals surface area contributed by atoms with E-state index in [9.17, 15) is 14.4 Å². The standard InChI is InChI=1S/C71H128O6/c1-4-7-10-13-16-19-22-25-28-31-33-35-37-40-43-46-49-52-55-58-61-64-70(73)76-67-68(66-75-69(72)63-60-57-54-51-48-45-42-39-30-27-24-21-18-15-12-9-6-3)77-71(74)65-62-59-56-53-50-47-44-41-38-36-34-32-29-26-23-20-17-14-11-8-5-2/h25-30,42,45,51,54,68H,4-24,31-41,43-44,46-50,52-53,55-67H2,1-3H3/b28-25-,29-26-,30-27-,45-42-,54-51-/t68-/m0/s1. The molecule has 0 fully saturated rings. The van der Waals surface area contributed by atoms with Crippen molar-refractivity contribution in [2.24, 2.45) is 0 Å². The largest absolute Gasteiger partial charge is 0.462 e. The van der Waals surface area contributed by atoms with E-state index in [1.54, 1.807) is 0 Å². The number of carbonyl (C=O) groups excluding carboxylic acids is 3. The molecule has 0 N–H and O–H groups in total. The van der Waals surface area contributed by atoms with E-state index in [0.29, 0.717) is 25.7 Å². The summed E-state index contributed by atoms with van der Waals surface area (Å²) >= 11 is 0. The van der Waals surface area contributed by atoms with Crippen LogP contribution in [-0.2, 0) is 28.6 Å². The molecular weight excluding hydrogens is 949 g/mol. The molecule has 0 radical (unpaired) electrons. The molecule has 0 aliphatic rings. The predicted molar refractivity (Wildman–Crippen MR) is 335 cm³/mol. The highest BCUT2D eigenvalue weighted by Gasteiger charge is 2.19. The van der Waals surface area contributed by atoms with E-state index in [-0.39, 0.29) is 31.1 Å². The molecule has 0 saturated heterocycles. The SMILES string of the molecule is CCCCCCCC/C=C\C/C=C\C/C=C\CCCC(=O)OC[C@@H](COC(=O)CCCCCCCCCCCCC/C=C\CCCCCCCC)OC(=O)CCCCCCCCCCCCC/C=C\CCCCCCCC. The van der Waals surface area contributed by atoms with Crippen LogP contribution in [0.4, 0.5) is 0 Å². The topological polar surface area (TPSA) is 78.9 Å². The van der Waals surface area contributed by atoms with Crippen molar-refractivity contribution in [2.75, 3.05) is 13.2 Å². The Morgan fingerprint density at radius 3 is 0.792 bits per heavy atom. The second kappa shape index (κ2) is 65.6. The number of esters is 3. The Labute approximate surface area is 479 Å². The Morgan fingerprint density at radius 1 is 0.260 bits per heavy atom. The van der Waals surface area contributed by atoms with Crippen molar-refractivity contribution in [1.29, 1.82) is 0 Å². The van der Waals surface area contributed by atoms with Crippen LogP contribution in [0.25, 0.3) is 0 Å². The van der Waals surface area contributed by atoms with E-state index in [1.165, 1.54) is 250 Å². The summed E-state index contributed by atoms with van der Waals surface area (Å²) in [7, 11) is 0. The highest BCUT2D eigenvalue weighted by atomic mass is 16.6. The third-order valence-corrected chi connectivity index (χ3v) is 15.0. The van der Waals surface area contributed by atoms with Crippen molar-refractivity contribution in [2.45, 2.75) is 361 Å². The first-order valence-electron chi connectivity index (χ1n) is 33.8. The van der Waals surface area contributed by atoms with E-state index in [4.69, 9.17) is 14.2 Å². The summed E-state index contributed by atoms with van der Waals surface area (Å²) in [6.45, 7) is 6.63. The minimum absolute atomic E-state index is 0.0880. The molecule has 0 spiro atoms. The number of allylic oxidation sites excluding steroid dienone is 10. The second-order valence-corrected chi connectivity index (χ2v) is 22.7. The Balaban J connectivity index is 4.39. The summed E-state index contributed by atoms with van der Waals surface area (Å²) in [4.78, 5) is 38.4. The fourth-order valence-corrected chi connectivity index (χ4v) is 9.86. The molecule has 0 unspecified atom stereocenters. The zero-order valence-electron chi connectivity index (χ0n) is 51.5. The van der Waals surface area contributed by atoms with Crippen molar-refractivity contribution >= 4 is 17.9 Å². The number of rotatable bonds is 62. The van der Waals surface area contributed by atoms with Gasteiger partial charge in [0.05, 0.1) is 0 Å². The monoisotopic (exact) mass is 1080 g/mol. The molecule has 0 amide bonds. The van der Waals surface area contributed by atoms with Crippen LogP contribution in [0.3, 0.4) is 0 Å². The maximum Gasteiger partial charge on any atom is 0.306 e. The molecule has 1 atom stereocenters. The van der Waals surface area contributed by atoms with E-state index in [2.05, 4.69) is 81.5 Å². The third kappa shape index (κ3) is 63.8. The normalized spacial score (nSPS) is 12.4. The van der Waals surface area contributed by atoms with Crippen LogP contribution in [0.1, 0.15) is 355 Å². The van der Waals surface area contributed by atoms with Gasteiger partial charge in [-0.2, -0.15) is 0 Å². The van der Waals surface area contributed by atoms with Gasteiger partial charge in [-0.25, -0.2) is 0 Å². The second-order valence-electron chi connectivity index (χ2n) is 22.7. The molecule has 0 aromatic heterocycles. The maximum absolute atomic E-state index is 12.9. The summed E-state index contributed by atoms with van der Waals surface area (Å²) < 4.78 is 16.9. The first kappa shape index (κ1) is 74.1. The number of hydrogen-bond acceptors (Lipinski definition) is 6. The molecule has 77 heavy (non-hydrogen) atoms. The van der Waals surface area contributed by atoms with Gasteiger partial charge in [0.15, 0.2) is 6.10 Å². The average molecular weight is 1080 g/mol. The fourth-order valence-electron chi connectivity index (χ4n) is 9.86. The summed E-state index contributed by atoms with van der Waals surface area (Å²) in [5.41, 5.74) is 0. The van der Waals surface area contributed by atoms with Gasteiger partial charge in [-0.05, 0) is 103 Å². The lowest BCUT2D eigenvalue weighted by Gasteiger charge is -2.18. The van der Waals surface area contributed by atoms with Gasteiger partial charge in [-0.3, -0.25) is 14.4 Å². The molecule has 0 aromatic rings. The molecule has 0 aliphatic heterocycles.